The molecule has 9 heteroatoms. The molecule has 0 saturated carbocycles. The summed E-state index contributed by atoms with van der Waals surface area (Å²) in [6, 6.07) is 6.36. The van der Waals surface area contributed by atoms with Crippen molar-refractivity contribution in [3.8, 4) is 0 Å². The maximum Gasteiger partial charge on any atom is 0.409 e. The molecule has 1 fully saturated rings. The summed E-state index contributed by atoms with van der Waals surface area (Å²) >= 11 is 0. The maximum absolute atomic E-state index is 13.2. The third-order valence-corrected chi connectivity index (χ3v) is 4.34. The summed E-state index contributed by atoms with van der Waals surface area (Å²) in [5.41, 5.74) is 0.856. The average Bonchev–Trinajstić information content (AvgIpc) is 2.71. The van der Waals surface area contributed by atoms with Crippen LogP contribution in [0.2, 0.25) is 0 Å². The lowest BCUT2D eigenvalue weighted by Crippen LogP contribution is -2.49. The minimum atomic E-state index is -1.09. The topological polar surface area (TPSA) is 74.8 Å². The zero-order valence-corrected chi connectivity index (χ0v) is 15.3. The maximum atomic E-state index is 13.2. The smallest absolute Gasteiger partial charge is 0.409 e. The number of anilines is 2. The third kappa shape index (κ3) is 4.54. The molecule has 0 aliphatic carbocycles. The van der Waals surface area contributed by atoms with Crippen molar-refractivity contribution in [1.82, 2.24) is 9.88 Å². The van der Waals surface area contributed by atoms with Gasteiger partial charge in [-0.2, -0.15) is 0 Å². The van der Waals surface area contributed by atoms with Gasteiger partial charge >= 0.3 is 6.09 Å². The summed E-state index contributed by atoms with van der Waals surface area (Å²) < 4.78 is 31.2. The van der Waals surface area contributed by atoms with Crippen LogP contribution in [-0.4, -0.2) is 54.7 Å². The van der Waals surface area contributed by atoms with Gasteiger partial charge in [-0.05, 0) is 37.3 Å². The second kappa shape index (κ2) is 8.64. The number of benzene rings is 1. The van der Waals surface area contributed by atoms with Gasteiger partial charge in [-0.3, -0.25) is 4.79 Å². The lowest BCUT2D eigenvalue weighted by atomic mass is 10.2. The van der Waals surface area contributed by atoms with Gasteiger partial charge in [-0.25, -0.2) is 18.6 Å². The SMILES string of the molecule is CCOC(=O)N1CCN(c2ccc(NC(=O)c3ccc(F)c(F)c3)nc2)CC1. The van der Waals surface area contributed by atoms with E-state index < -0.39 is 17.5 Å². The van der Waals surface area contributed by atoms with Crippen molar-refractivity contribution < 1.29 is 23.1 Å². The molecular formula is C19H20F2N4O3. The number of nitrogens with zero attached hydrogens (tertiary/aromatic N) is 3. The average molecular weight is 390 g/mol. The van der Waals surface area contributed by atoms with E-state index >= 15 is 0 Å². The monoisotopic (exact) mass is 390 g/mol. The van der Waals surface area contributed by atoms with Crippen LogP contribution < -0.4 is 10.2 Å². The molecule has 2 amide bonds. The first kappa shape index (κ1) is 19.5. The van der Waals surface area contributed by atoms with Crippen molar-refractivity contribution >= 4 is 23.5 Å². The number of hydrogen-bond acceptors (Lipinski definition) is 5. The highest BCUT2D eigenvalue weighted by Crippen LogP contribution is 2.18. The van der Waals surface area contributed by atoms with Gasteiger partial charge in [0.15, 0.2) is 11.6 Å². The molecule has 1 N–H and O–H groups in total. The highest BCUT2D eigenvalue weighted by Gasteiger charge is 2.22. The number of rotatable bonds is 4. The molecular weight excluding hydrogens is 370 g/mol. The molecule has 0 atom stereocenters. The fraction of sp³-hybridized carbons (Fsp3) is 0.316. The van der Waals surface area contributed by atoms with E-state index in [0.717, 1.165) is 17.8 Å². The van der Waals surface area contributed by atoms with E-state index in [1.54, 1.807) is 30.2 Å². The summed E-state index contributed by atoms with van der Waals surface area (Å²) in [7, 11) is 0. The Balaban J connectivity index is 1.57. The van der Waals surface area contributed by atoms with Gasteiger partial charge in [-0.15, -0.1) is 0 Å². The Bertz CT molecular complexity index is 853. The van der Waals surface area contributed by atoms with Crippen molar-refractivity contribution in [2.75, 3.05) is 43.0 Å². The van der Waals surface area contributed by atoms with Crippen LogP contribution in [-0.2, 0) is 4.74 Å². The van der Waals surface area contributed by atoms with Gasteiger partial charge in [-0.1, -0.05) is 0 Å². The standard InChI is InChI=1S/C19H20F2N4O3/c1-2-28-19(27)25-9-7-24(8-10-25)14-4-6-17(22-12-14)23-18(26)13-3-5-15(20)16(21)11-13/h3-6,11-12H,2,7-10H2,1H3,(H,22,23,26). The van der Waals surface area contributed by atoms with Crippen LogP contribution in [0.3, 0.4) is 0 Å². The first-order valence-electron chi connectivity index (χ1n) is 8.87. The molecule has 3 rings (SSSR count). The van der Waals surface area contributed by atoms with Crippen molar-refractivity contribution in [3.63, 3.8) is 0 Å². The molecule has 0 spiro atoms. The Labute approximate surface area is 160 Å². The molecule has 0 radical (unpaired) electrons. The summed E-state index contributed by atoms with van der Waals surface area (Å²) in [6.07, 6.45) is 1.30. The number of amides is 2. The zero-order chi connectivity index (χ0) is 20.1. The second-order valence-corrected chi connectivity index (χ2v) is 6.16. The van der Waals surface area contributed by atoms with Crippen molar-refractivity contribution in [2.24, 2.45) is 0 Å². The number of carbonyl (C=O) groups excluding carboxylic acids is 2. The Hall–Kier alpha value is -3.23. The predicted octanol–water partition coefficient (Wildman–Crippen LogP) is 2.89. The Kier molecular flexibility index (Phi) is 6.03. The highest BCUT2D eigenvalue weighted by atomic mass is 19.2. The van der Waals surface area contributed by atoms with E-state index in [-0.39, 0.29) is 11.7 Å². The van der Waals surface area contributed by atoms with Crippen LogP contribution in [0.25, 0.3) is 0 Å². The third-order valence-electron chi connectivity index (χ3n) is 4.34. The quantitative estimate of drug-likeness (QED) is 0.869. The number of halogens is 2. The molecule has 1 aromatic carbocycles. The zero-order valence-electron chi connectivity index (χ0n) is 15.3. The van der Waals surface area contributed by atoms with Crippen LogP contribution in [0.1, 0.15) is 17.3 Å². The normalized spacial score (nSPS) is 14.0. The molecule has 2 heterocycles. The molecule has 28 heavy (non-hydrogen) atoms. The summed E-state index contributed by atoms with van der Waals surface area (Å²) in [5.74, 6) is -2.38. The molecule has 1 aliphatic rings. The first-order chi connectivity index (χ1) is 13.5. The Morgan fingerprint density at radius 3 is 2.46 bits per heavy atom. The second-order valence-electron chi connectivity index (χ2n) is 6.16. The summed E-state index contributed by atoms with van der Waals surface area (Å²) in [6.45, 7) is 4.50. The Morgan fingerprint density at radius 1 is 1.11 bits per heavy atom. The van der Waals surface area contributed by atoms with E-state index in [0.29, 0.717) is 38.6 Å². The fourth-order valence-electron chi connectivity index (χ4n) is 2.83. The number of pyridine rings is 1. The molecule has 2 aromatic rings. The number of piperazine rings is 1. The molecule has 7 nitrogen and oxygen atoms in total. The summed E-state index contributed by atoms with van der Waals surface area (Å²) in [5, 5.41) is 2.54. The van der Waals surface area contributed by atoms with Crippen LogP contribution in [0.15, 0.2) is 36.5 Å². The molecule has 148 valence electrons. The summed E-state index contributed by atoms with van der Waals surface area (Å²) in [4.78, 5) is 31.8. The highest BCUT2D eigenvalue weighted by molar-refractivity contribution is 6.03. The van der Waals surface area contributed by atoms with E-state index in [1.807, 2.05) is 0 Å². The van der Waals surface area contributed by atoms with E-state index in [9.17, 15) is 18.4 Å². The van der Waals surface area contributed by atoms with Gasteiger partial charge in [0.2, 0.25) is 0 Å². The van der Waals surface area contributed by atoms with Gasteiger partial charge in [0, 0.05) is 31.7 Å². The van der Waals surface area contributed by atoms with Crippen LogP contribution in [0.5, 0.6) is 0 Å². The lowest BCUT2D eigenvalue weighted by Gasteiger charge is -2.35. The number of hydrogen-bond donors (Lipinski definition) is 1. The minimum absolute atomic E-state index is 0.000126. The van der Waals surface area contributed by atoms with Gasteiger partial charge in [0.25, 0.3) is 5.91 Å². The molecule has 0 bridgehead atoms. The molecule has 0 unspecified atom stereocenters. The van der Waals surface area contributed by atoms with E-state index in [4.69, 9.17) is 4.74 Å². The van der Waals surface area contributed by atoms with Crippen LogP contribution in [0, 0.1) is 11.6 Å². The van der Waals surface area contributed by atoms with Crippen LogP contribution in [0.4, 0.5) is 25.1 Å². The van der Waals surface area contributed by atoms with Gasteiger partial charge in [0.05, 0.1) is 18.5 Å². The van der Waals surface area contributed by atoms with Crippen molar-refractivity contribution in [1.29, 1.82) is 0 Å². The van der Waals surface area contributed by atoms with E-state index in [1.165, 1.54) is 6.07 Å². The van der Waals surface area contributed by atoms with Crippen LogP contribution >= 0.6 is 0 Å². The van der Waals surface area contributed by atoms with Gasteiger partial charge in [0.1, 0.15) is 5.82 Å². The molecule has 1 aliphatic heterocycles. The van der Waals surface area contributed by atoms with E-state index in [2.05, 4.69) is 15.2 Å². The minimum Gasteiger partial charge on any atom is -0.450 e. The number of aromatic nitrogens is 1. The first-order valence-corrected chi connectivity index (χ1v) is 8.87. The predicted molar refractivity (Wildman–Crippen MR) is 99.4 cm³/mol. The Morgan fingerprint density at radius 2 is 1.86 bits per heavy atom. The van der Waals surface area contributed by atoms with Crippen molar-refractivity contribution in [2.45, 2.75) is 6.92 Å². The lowest BCUT2D eigenvalue weighted by molar-refractivity contribution is 0.102. The number of ether oxygens (including phenoxy) is 1. The fourth-order valence-corrected chi connectivity index (χ4v) is 2.83. The number of nitrogens with one attached hydrogen (secondary N) is 1. The molecule has 1 saturated heterocycles. The number of carbonyl (C=O) groups is 2. The molecule has 1 aromatic heterocycles. The van der Waals surface area contributed by atoms with Crippen molar-refractivity contribution in [3.05, 3.63) is 53.7 Å². The van der Waals surface area contributed by atoms with Gasteiger partial charge < -0.3 is 19.9 Å². The largest absolute Gasteiger partial charge is 0.450 e.